The Kier molecular flexibility index (Phi) is 4.57. The number of anilines is 1. The summed E-state index contributed by atoms with van der Waals surface area (Å²) >= 11 is 1.51. The highest BCUT2D eigenvalue weighted by atomic mass is 32.2. The van der Waals surface area contributed by atoms with Crippen LogP contribution in [0.15, 0.2) is 47.4 Å². The van der Waals surface area contributed by atoms with Crippen molar-refractivity contribution in [3.63, 3.8) is 0 Å². The van der Waals surface area contributed by atoms with Crippen LogP contribution in [0.5, 0.6) is 0 Å². The van der Waals surface area contributed by atoms with Crippen molar-refractivity contribution in [2.75, 3.05) is 12.4 Å². The van der Waals surface area contributed by atoms with Crippen LogP contribution in [0.1, 0.15) is 5.56 Å². The van der Waals surface area contributed by atoms with E-state index in [1.165, 1.54) is 23.9 Å². The second-order valence-electron chi connectivity index (χ2n) is 4.10. The Labute approximate surface area is 120 Å². The number of hydrogen-bond donors (Lipinski definition) is 1. The summed E-state index contributed by atoms with van der Waals surface area (Å²) in [5.74, 6) is 0.319. The van der Waals surface area contributed by atoms with Crippen LogP contribution >= 0.6 is 11.8 Å². The molecule has 0 spiro atoms. The molecular formula is C14H13FN2O2S. The molecule has 0 amide bonds. The van der Waals surface area contributed by atoms with Gasteiger partial charge in [0.15, 0.2) is 0 Å². The van der Waals surface area contributed by atoms with E-state index < -0.39 is 4.92 Å². The number of benzene rings is 2. The first-order chi connectivity index (χ1) is 9.60. The zero-order chi connectivity index (χ0) is 14.5. The molecule has 0 aromatic heterocycles. The lowest BCUT2D eigenvalue weighted by atomic mass is 10.2. The summed E-state index contributed by atoms with van der Waals surface area (Å²) in [5.41, 5.74) is 1.40. The number of nitrogens with one attached hydrogen (secondary N) is 1. The van der Waals surface area contributed by atoms with Gasteiger partial charge in [0.1, 0.15) is 11.5 Å². The maximum atomic E-state index is 12.8. The first kappa shape index (κ1) is 14.3. The molecule has 0 saturated heterocycles. The van der Waals surface area contributed by atoms with E-state index in [4.69, 9.17) is 0 Å². The fourth-order valence-electron chi connectivity index (χ4n) is 1.73. The number of halogens is 1. The van der Waals surface area contributed by atoms with Gasteiger partial charge in [-0.25, -0.2) is 4.39 Å². The Bertz CT molecular complexity index is 617. The van der Waals surface area contributed by atoms with Gasteiger partial charge in [-0.2, -0.15) is 0 Å². The minimum Gasteiger partial charge on any atom is -0.383 e. The van der Waals surface area contributed by atoms with Gasteiger partial charge < -0.3 is 5.32 Å². The highest BCUT2D eigenvalue weighted by Gasteiger charge is 2.13. The van der Waals surface area contributed by atoms with Gasteiger partial charge in [-0.3, -0.25) is 10.1 Å². The molecule has 0 aliphatic rings. The second kappa shape index (κ2) is 6.38. The van der Waals surface area contributed by atoms with Crippen LogP contribution in [0.25, 0.3) is 0 Å². The molecule has 4 nitrogen and oxygen atoms in total. The van der Waals surface area contributed by atoms with E-state index in [-0.39, 0.29) is 11.5 Å². The smallest absolute Gasteiger partial charge is 0.292 e. The molecule has 0 aliphatic carbocycles. The molecule has 20 heavy (non-hydrogen) atoms. The van der Waals surface area contributed by atoms with Crippen molar-refractivity contribution < 1.29 is 9.31 Å². The van der Waals surface area contributed by atoms with Crippen molar-refractivity contribution in [1.82, 2.24) is 0 Å². The summed E-state index contributed by atoms with van der Waals surface area (Å²) in [4.78, 5) is 11.5. The van der Waals surface area contributed by atoms with Gasteiger partial charge in [0.2, 0.25) is 0 Å². The van der Waals surface area contributed by atoms with Gasteiger partial charge in [-0.05, 0) is 35.9 Å². The fraction of sp³-hybridized carbons (Fsp3) is 0.143. The number of rotatable bonds is 5. The standard InChI is InChI=1S/C14H13FN2O2S/c1-16-13-7-2-10(8-14(13)17(18)19)9-20-12-5-3-11(15)4-6-12/h2-8,16H,9H2,1H3. The number of thioether (sulfide) groups is 1. The molecule has 0 fully saturated rings. The summed E-state index contributed by atoms with van der Waals surface area (Å²) in [6.07, 6.45) is 0. The van der Waals surface area contributed by atoms with Crippen LogP contribution in [0.4, 0.5) is 15.8 Å². The summed E-state index contributed by atoms with van der Waals surface area (Å²) in [6.45, 7) is 0. The zero-order valence-electron chi connectivity index (χ0n) is 10.8. The molecule has 0 saturated carbocycles. The maximum Gasteiger partial charge on any atom is 0.292 e. The van der Waals surface area contributed by atoms with Gasteiger partial charge in [-0.15, -0.1) is 11.8 Å². The molecule has 0 unspecified atom stereocenters. The lowest BCUT2D eigenvalue weighted by Crippen LogP contribution is -1.97. The van der Waals surface area contributed by atoms with Gasteiger partial charge in [0.25, 0.3) is 5.69 Å². The molecular weight excluding hydrogens is 279 g/mol. The highest BCUT2D eigenvalue weighted by Crippen LogP contribution is 2.29. The van der Waals surface area contributed by atoms with Crippen molar-refractivity contribution in [2.45, 2.75) is 10.6 Å². The van der Waals surface area contributed by atoms with Crippen LogP contribution in [0.3, 0.4) is 0 Å². The Balaban J connectivity index is 2.11. The highest BCUT2D eigenvalue weighted by molar-refractivity contribution is 7.98. The average molecular weight is 292 g/mol. The van der Waals surface area contributed by atoms with Crippen LogP contribution in [0, 0.1) is 15.9 Å². The van der Waals surface area contributed by atoms with Crippen LogP contribution in [-0.4, -0.2) is 12.0 Å². The minimum atomic E-state index is -0.405. The lowest BCUT2D eigenvalue weighted by molar-refractivity contribution is -0.384. The first-order valence-corrected chi connectivity index (χ1v) is 6.92. The topological polar surface area (TPSA) is 55.2 Å². The van der Waals surface area contributed by atoms with Crippen LogP contribution in [0.2, 0.25) is 0 Å². The quantitative estimate of drug-likeness (QED) is 0.513. The van der Waals surface area contributed by atoms with Crippen molar-refractivity contribution >= 4 is 23.1 Å². The Morgan fingerprint density at radius 2 is 1.95 bits per heavy atom. The van der Waals surface area contributed by atoms with Crippen molar-refractivity contribution in [1.29, 1.82) is 0 Å². The largest absolute Gasteiger partial charge is 0.383 e. The van der Waals surface area contributed by atoms with E-state index in [1.54, 1.807) is 31.3 Å². The first-order valence-electron chi connectivity index (χ1n) is 5.93. The molecule has 2 aromatic carbocycles. The molecule has 0 bridgehead atoms. The number of nitrogens with zero attached hydrogens (tertiary/aromatic N) is 1. The molecule has 0 atom stereocenters. The number of hydrogen-bond acceptors (Lipinski definition) is 4. The number of nitro benzene ring substituents is 1. The normalized spacial score (nSPS) is 10.3. The zero-order valence-corrected chi connectivity index (χ0v) is 11.6. The van der Waals surface area contributed by atoms with Crippen molar-refractivity contribution in [3.8, 4) is 0 Å². The third-order valence-electron chi connectivity index (χ3n) is 2.75. The average Bonchev–Trinajstić information content (AvgIpc) is 2.46. The summed E-state index contributed by atoms with van der Waals surface area (Å²) in [5, 5.41) is 13.8. The number of nitro groups is 1. The van der Waals surface area contributed by atoms with E-state index >= 15 is 0 Å². The van der Waals surface area contributed by atoms with Gasteiger partial charge in [0, 0.05) is 23.8 Å². The third-order valence-corrected chi connectivity index (χ3v) is 3.83. The minimum absolute atomic E-state index is 0.0599. The summed E-state index contributed by atoms with van der Waals surface area (Å²) < 4.78 is 12.8. The molecule has 104 valence electrons. The van der Waals surface area contributed by atoms with Gasteiger partial charge in [0.05, 0.1) is 4.92 Å². The molecule has 6 heteroatoms. The molecule has 1 N–H and O–H groups in total. The van der Waals surface area contributed by atoms with E-state index in [9.17, 15) is 14.5 Å². The third kappa shape index (κ3) is 3.48. The second-order valence-corrected chi connectivity index (χ2v) is 5.15. The lowest BCUT2D eigenvalue weighted by Gasteiger charge is -2.05. The van der Waals surface area contributed by atoms with E-state index in [1.807, 2.05) is 6.07 Å². The predicted octanol–water partition coefficient (Wildman–Crippen LogP) is 4.07. The Morgan fingerprint density at radius 3 is 2.55 bits per heavy atom. The van der Waals surface area contributed by atoms with Crippen molar-refractivity contribution in [3.05, 3.63) is 64.0 Å². The molecule has 2 aromatic rings. The van der Waals surface area contributed by atoms with Crippen LogP contribution < -0.4 is 5.32 Å². The van der Waals surface area contributed by atoms with E-state index in [2.05, 4.69) is 5.32 Å². The predicted molar refractivity (Wildman–Crippen MR) is 78.6 cm³/mol. The fourth-order valence-corrected chi connectivity index (χ4v) is 2.57. The monoisotopic (exact) mass is 292 g/mol. The molecule has 2 rings (SSSR count). The Hall–Kier alpha value is -2.08. The van der Waals surface area contributed by atoms with Crippen molar-refractivity contribution in [2.24, 2.45) is 0 Å². The molecule has 0 aliphatic heterocycles. The SMILES string of the molecule is CNc1ccc(CSc2ccc(F)cc2)cc1[N+](=O)[O-]. The van der Waals surface area contributed by atoms with Gasteiger partial charge >= 0.3 is 0 Å². The summed E-state index contributed by atoms with van der Waals surface area (Å²) in [6, 6.07) is 11.3. The maximum absolute atomic E-state index is 12.8. The van der Waals surface area contributed by atoms with E-state index in [0.29, 0.717) is 11.4 Å². The summed E-state index contributed by atoms with van der Waals surface area (Å²) in [7, 11) is 1.65. The van der Waals surface area contributed by atoms with Crippen LogP contribution in [-0.2, 0) is 5.75 Å². The van der Waals surface area contributed by atoms with E-state index in [0.717, 1.165) is 10.5 Å². The molecule has 0 radical (unpaired) electrons. The Morgan fingerprint density at radius 1 is 1.25 bits per heavy atom. The van der Waals surface area contributed by atoms with Gasteiger partial charge in [-0.1, -0.05) is 6.07 Å². The molecule has 0 heterocycles.